The quantitative estimate of drug-likeness (QED) is 0.520. The zero-order valence-electron chi connectivity index (χ0n) is 9.02. The van der Waals surface area contributed by atoms with Crippen LogP contribution in [0.1, 0.15) is 19.8 Å². The van der Waals surface area contributed by atoms with Gasteiger partial charge in [-0.2, -0.15) is 0 Å². The molecule has 2 aliphatic rings. The van der Waals surface area contributed by atoms with Gasteiger partial charge in [0, 0.05) is 19.0 Å². The maximum atomic E-state index is 11.5. The molecule has 0 aromatic carbocycles. The summed E-state index contributed by atoms with van der Waals surface area (Å²) in [6.07, 6.45) is 2.77. The average Bonchev–Trinajstić information content (AvgIpc) is 2.70. The van der Waals surface area contributed by atoms with Crippen molar-refractivity contribution in [2.24, 2.45) is 17.8 Å². The van der Waals surface area contributed by atoms with Gasteiger partial charge < -0.3 is 14.4 Å². The molecule has 0 N–H and O–H groups in total. The lowest BCUT2D eigenvalue weighted by atomic mass is 10.3. The van der Waals surface area contributed by atoms with Crippen LogP contribution >= 0.6 is 0 Å². The van der Waals surface area contributed by atoms with Crippen molar-refractivity contribution in [1.29, 1.82) is 0 Å². The maximum Gasteiger partial charge on any atom is 0.409 e. The molecule has 1 heterocycles. The summed E-state index contributed by atoms with van der Waals surface area (Å²) in [4.78, 5) is 23.8. The van der Waals surface area contributed by atoms with Crippen LogP contribution in [0, 0.1) is 17.8 Å². The molecule has 1 saturated heterocycles. The Morgan fingerprint density at radius 3 is 2.67 bits per heavy atom. The predicted octanol–water partition coefficient (Wildman–Crippen LogP) is 1.30. The van der Waals surface area contributed by atoms with E-state index in [1.165, 1.54) is 0 Å². The normalized spacial score (nSPS) is 32.3. The summed E-state index contributed by atoms with van der Waals surface area (Å²) in [5.41, 5.74) is 0. The third-order valence-corrected chi connectivity index (χ3v) is 3.40. The Labute approximate surface area is 89.6 Å². The van der Waals surface area contributed by atoms with E-state index < -0.39 is 0 Å². The molecule has 1 amide bonds. The first-order valence-corrected chi connectivity index (χ1v) is 5.65. The van der Waals surface area contributed by atoms with Crippen molar-refractivity contribution in [3.63, 3.8) is 0 Å². The van der Waals surface area contributed by atoms with Crippen LogP contribution in [0.15, 0.2) is 0 Å². The molecule has 0 aromatic rings. The molecular weight excluding hydrogens is 194 g/mol. The molecule has 4 nitrogen and oxygen atoms in total. The third-order valence-electron chi connectivity index (χ3n) is 3.40. The summed E-state index contributed by atoms with van der Waals surface area (Å²) in [5.74, 6) is 1.05. The van der Waals surface area contributed by atoms with Crippen LogP contribution in [-0.2, 0) is 9.53 Å². The fourth-order valence-electron chi connectivity index (χ4n) is 2.32. The average molecular weight is 211 g/mol. The molecule has 2 rings (SSSR count). The SMILES string of the molecule is CCCCOC(=O)N1C[C@@H]2C(C=O)[C@@H]2C1. The van der Waals surface area contributed by atoms with Crippen molar-refractivity contribution in [2.75, 3.05) is 19.7 Å². The van der Waals surface area contributed by atoms with Crippen LogP contribution in [0.25, 0.3) is 0 Å². The summed E-state index contributed by atoms with van der Waals surface area (Å²) >= 11 is 0. The first-order valence-electron chi connectivity index (χ1n) is 5.65. The van der Waals surface area contributed by atoms with Gasteiger partial charge in [-0.15, -0.1) is 0 Å². The molecular formula is C11H17NO3. The second kappa shape index (κ2) is 4.21. The van der Waals surface area contributed by atoms with Gasteiger partial charge in [-0.25, -0.2) is 4.79 Å². The molecule has 0 spiro atoms. The number of hydrogen-bond acceptors (Lipinski definition) is 3. The number of unbranched alkanes of at least 4 members (excludes halogenated alkanes) is 1. The Bertz CT molecular complexity index is 255. The minimum Gasteiger partial charge on any atom is -0.449 e. The van der Waals surface area contributed by atoms with Crippen LogP contribution in [-0.4, -0.2) is 37.0 Å². The number of likely N-dealkylation sites (tertiary alicyclic amines) is 1. The summed E-state index contributed by atoms with van der Waals surface area (Å²) in [7, 11) is 0. The number of piperidine rings is 1. The van der Waals surface area contributed by atoms with E-state index in [0.29, 0.717) is 31.5 Å². The van der Waals surface area contributed by atoms with Gasteiger partial charge in [0.1, 0.15) is 6.29 Å². The molecule has 84 valence electrons. The smallest absolute Gasteiger partial charge is 0.409 e. The number of amides is 1. The van der Waals surface area contributed by atoms with Crippen LogP contribution in [0.3, 0.4) is 0 Å². The van der Waals surface area contributed by atoms with E-state index in [1.54, 1.807) is 4.90 Å². The van der Waals surface area contributed by atoms with E-state index in [1.807, 2.05) is 0 Å². The third kappa shape index (κ3) is 1.98. The summed E-state index contributed by atoms with van der Waals surface area (Å²) < 4.78 is 5.10. The van der Waals surface area contributed by atoms with Crippen molar-refractivity contribution < 1.29 is 14.3 Å². The predicted molar refractivity (Wildman–Crippen MR) is 54.4 cm³/mol. The Morgan fingerprint density at radius 2 is 2.13 bits per heavy atom. The lowest BCUT2D eigenvalue weighted by molar-refractivity contribution is -0.109. The standard InChI is InChI=1S/C11H17NO3/c1-2-3-4-15-11(14)12-5-8-9(6-12)10(8)7-13/h7-10H,2-6H2,1H3/t8-,9+,10?. The molecule has 2 fully saturated rings. The number of fused-ring (bicyclic) bond motifs is 1. The number of carbonyl (C=O) groups excluding carboxylic acids is 2. The van der Waals surface area contributed by atoms with Crippen LogP contribution in [0.2, 0.25) is 0 Å². The molecule has 15 heavy (non-hydrogen) atoms. The van der Waals surface area contributed by atoms with Gasteiger partial charge in [0.25, 0.3) is 0 Å². The zero-order valence-corrected chi connectivity index (χ0v) is 9.02. The topological polar surface area (TPSA) is 46.6 Å². The Balaban J connectivity index is 1.69. The van der Waals surface area contributed by atoms with E-state index in [0.717, 1.165) is 19.1 Å². The van der Waals surface area contributed by atoms with Crippen LogP contribution in [0.4, 0.5) is 4.79 Å². The van der Waals surface area contributed by atoms with E-state index in [2.05, 4.69) is 6.92 Å². The number of carbonyl (C=O) groups is 2. The molecule has 0 aromatic heterocycles. The van der Waals surface area contributed by atoms with Crippen LogP contribution < -0.4 is 0 Å². The summed E-state index contributed by atoms with van der Waals surface area (Å²) in [6, 6.07) is 0. The lowest BCUT2D eigenvalue weighted by Gasteiger charge is -2.18. The highest BCUT2D eigenvalue weighted by atomic mass is 16.6. The van der Waals surface area contributed by atoms with Gasteiger partial charge in [0.05, 0.1) is 6.61 Å². The highest BCUT2D eigenvalue weighted by molar-refractivity contribution is 5.70. The number of ether oxygens (including phenoxy) is 1. The fraction of sp³-hybridized carbons (Fsp3) is 0.818. The van der Waals surface area contributed by atoms with E-state index >= 15 is 0 Å². The molecule has 1 unspecified atom stereocenters. The van der Waals surface area contributed by atoms with Gasteiger partial charge >= 0.3 is 6.09 Å². The molecule has 0 bridgehead atoms. The second-order valence-corrected chi connectivity index (χ2v) is 4.41. The Morgan fingerprint density at radius 1 is 1.47 bits per heavy atom. The highest BCUT2D eigenvalue weighted by Crippen LogP contribution is 2.50. The first-order chi connectivity index (χ1) is 7.27. The van der Waals surface area contributed by atoms with Crippen molar-refractivity contribution in [3.05, 3.63) is 0 Å². The minimum absolute atomic E-state index is 0.208. The highest BCUT2D eigenvalue weighted by Gasteiger charge is 2.56. The molecule has 4 heteroatoms. The molecule has 3 atom stereocenters. The molecule has 1 saturated carbocycles. The minimum atomic E-state index is -0.208. The van der Waals surface area contributed by atoms with Crippen molar-refractivity contribution >= 4 is 12.4 Å². The first kappa shape index (κ1) is 10.5. The maximum absolute atomic E-state index is 11.5. The Hall–Kier alpha value is -1.06. The van der Waals surface area contributed by atoms with Gasteiger partial charge in [0.15, 0.2) is 0 Å². The van der Waals surface area contributed by atoms with Gasteiger partial charge in [-0.3, -0.25) is 0 Å². The van der Waals surface area contributed by atoms with Gasteiger partial charge in [0.2, 0.25) is 0 Å². The van der Waals surface area contributed by atoms with E-state index in [-0.39, 0.29) is 12.0 Å². The van der Waals surface area contributed by atoms with E-state index in [4.69, 9.17) is 4.74 Å². The van der Waals surface area contributed by atoms with Crippen molar-refractivity contribution in [1.82, 2.24) is 4.90 Å². The van der Waals surface area contributed by atoms with E-state index in [9.17, 15) is 9.59 Å². The van der Waals surface area contributed by atoms with Crippen molar-refractivity contribution in [3.8, 4) is 0 Å². The Kier molecular flexibility index (Phi) is 2.93. The summed E-state index contributed by atoms with van der Waals surface area (Å²) in [6.45, 7) is 3.99. The second-order valence-electron chi connectivity index (χ2n) is 4.41. The number of rotatable bonds is 4. The molecule has 1 aliphatic heterocycles. The number of aldehydes is 1. The number of nitrogens with zero attached hydrogens (tertiary/aromatic N) is 1. The van der Waals surface area contributed by atoms with Gasteiger partial charge in [-0.1, -0.05) is 13.3 Å². The number of hydrogen-bond donors (Lipinski definition) is 0. The summed E-state index contributed by atoms with van der Waals surface area (Å²) in [5, 5.41) is 0. The fourth-order valence-corrected chi connectivity index (χ4v) is 2.32. The monoisotopic (exact) mass is 211 g/mol. The molecule has 1 aliphatic carbocycles. The lowest BCUT2D eigenvalue weighted by Crippen LogP contribution is -2.32. The largest absolute Gasteiger partial charge is 0.449 e. The van der Waals surface area contributed by atoms with Crippen LogP contribution in [0.5, 0.6) is 0 Å². The van der Waals surface area contributed by atoms with Crippen molar-refractivity contribution in [2.45, 2.75) is 19.8 Å². The molecule has 0 radical (unpaired) electrons. The zero-order chi connectivity index (χ0) is 10.8. The van der Waals surface area contributed by atoms with Gasteiger partial charge in [-0.05, 0) is 18.3 Å².